The molecule has 2 N–H and O–H groups in total. The zero-order valence-corrected chi connectivity index (χ0v) is 24.8. The van der Waals surface area contributed by atoms with Gasteiger partial charge in [-0.15, -0.1) is 0 Å². The Morgan fingerprint density at radius 1 is 1.10 bits per heavy atom. The molecule has 3 rings (SSSR count). The molecule has 0 saturated heterocycles. The summed E-state index contributed by atoms with van der Waals surface area (Å²) in [4.78, 5) is 30.4. The van der Waals surface area contributed by atoms with E-state index in [1.807, 2.05) is 19.1 Å². The highest BCUT2D eigenvalue weighted by Crippen LogP contribution is 2.43. The Morgan fingerprint density at radius 2 is 1.77 bits per heavy atom. The van der Waals surface area contributed by atoms with E-state index in [1.54, 1.807) is 31.3 Å². The molecule has 2 aromatic rings. The molecule has 10 heteroatoms. The van der Waals surface area contributed by atoms with Crippen molar-refractivity contribution in [2.75, 3.05) is 24.4 Å². The van der Waals surface area contributed by atoms with Crippen molar-refractivity contribution in [2.24, 2.45) is 5.41 Å². The third kappa shape index (κ3) is 8.57. The van der Waals surface area contributed by atoms with Crippen molar-refractivity contribution in [1.29, 1.82) is 0 Å². The lowest BCUT2D eigenvalue weighted by Gasteiger charge is -2.33. The number of methoxy groups -OCH3 is 1. The minimum Gasteiger partial charge on any atom is -0.467 e. The van der Waals surface area contributed by atoms with Gasteiger partial charge in [0.2, 0.25) is 0 Å². The van der Waals surface area contributed by atoms with Crippen LogP contribution >= 0.6 is 12.2 Å². The Kier molecular flexibility index (Phi) is 10.6. The van der Waals surface area contributed by atoms with Gasteiger partial charge in [0.05, 0.1) is 23.4 Å². The van der Waals surface area contributed by atoms with Crippen LogP contribution in [0.5, 0.6) is 0 Å². The molecule has 1 fully saturated rings. The summed E-state index contributed by atoms with van der Waals surface area (Å²) in [6.45, 7) is 3.68. The fourth-order valence-electron chi connectivity index (χ4n) is 5.31. The van der Waals surface area contributed by atoms with Crippen LogP contribution in [0.4, 0.5) is 5.69 Å². The first-order valence-electron chi connectivity index (χ1n) is 13.3. The average molecular weight is 574 g/mol. The number of unbranched alkanes of at least 4 members (excludes halogenated alkanes) is 1. The maximum absolute atomic E-state index is 12.8. The number of pyridine rings is 1. The van der Waals surface area contributed by atoms with Crippen molar-refractivity contribution < 1.29 is 22.7 Å². The standard InChI is InChI=1S/C29H39N3O5S2/c1-20-13-17-30-21(2)25(20)26(33)31-23-11-9-22(10-12-23)19-24(27(34)37-3)32-28(38)29(14-5-6-15-29)16-7-8-18-39(4,35)36/h9-13,17,24H,5-8,14-16,18-19H2,1-4H3,(H,31,33)(H,32,38). The predicted molar refractivity (Wildman–Crippen MR) is 158 cm³/mol. The number of carbonyl (C=O) groups is 2. The Bertz CT molecular complexity index is 1270. The van der Waals surface area contributed by atoms with Crippen LogP contribution in [0, 0.1) is 19.3 Å². The number of sulfone groups is 1. The van der Waals surface area contributed by atoms with E-state index in [0.29, 0.717) is 34.8 Å². The molecule has 1 aromatic carbocycles. The Labute approximate surface area is 237 Å². The van der Waals surface area contributed by atoms with Crippen molar-refractivity contribution in [1.82, 2.24) is 10.3 Å². The van der Waals surface area contributed by atoms with Gasteiger partial charge in [-0.3, -0.25) is 9.78 Å². The molecule has 1 unspecified atom stereocenters. The average Bonchev–Trinajstić information content (AvgIpc) is 3.36. The number of anilines is 1. The number of hydrogen-bond acceptors (Lipinski definition) is 7. The minimum absolute atomic E-state index is 0.173. The normalized spacial score (nSPS) is 15.4. The molecule has 0 bridgehead atoms. The first-order valence-corrected chi connectivity index (χ1v) is 15.8. The molecule has 1 atom stereocenters. The SMILES string of the molecule is COC(=O)C(Cc1ccc(NC(=O)c2c(C)ccnc2C)cc1)NC(=S)C1(CCCCS(C)(=O)=O)CCCC1. The zero-order valence-electron chi connectivity index (χ0n) is 23.2. The largest absolute Gasteiger partial charge is 0.467 e. The summed E-state index contributed by atoms with van der Waals surface area (Å²) in [7, 11) is -1.63. The predicted octanol–water partition coefficient (Wildman–Crippen LogP) is 4.73. The highest BCUT2D eigenvalue weighted by molar-refractivity contribution is 7.90. The van der Waals surface area contributed by atoms with Crippen molar-refractivity contribution in [2.45, 2.75) is 71.3 Å². The number of hydrogen-bond donors (Lipinski definition) is 2. The number of carbonyl (C=O) groups excluding carboxylic acids is 2. The van der Waals surface area contributed by atoms with Gasteiger partial charge in [-0.05, 0) is 68.9 Å². The number of aryl methyl sites for hydroxylation is 2. The topological polar surface area (TPSA) is 114 Å². The van der Waals surface area contributed by atoms with E-state index in [0.717, 1.165) is 49.7 Å². The van der Waals surface area contributed by atoms with Gasteiger partial charge in [-0.25, -0.2) is 13.2 Å². The molecule has 0 radical (unpaired) electrons. The quantitative estimate of drug-likeness (QED) is 0.213. The van der Waals surface area contributed by atoms with Gasteiger partial charge in [-0.2, -0.15) is 0 Å². The number of aromatic nitrogens is 1. The number of amides is 1. The Hall–Kier alpha value is -2.85. The third-order valence-electron chi connectivity index (χ3n) is 7.48. The lowest BCUT2D eigenvalue weighted by atomic mass is 9.80. The van der Waals surface area contributed by atoms with Gasteiger partial charge >= 0.3 is 5.97 Å². The summed E-state index contributed by atoms with van der Waals surface area (Å²) in [6, 6.07) is 8.51. The van der Waals surface area contributed by atoms with Crippen LogP contribution in [-0.2, 0) is 25.8 Å². The van der Waals surface area contributed by atoms with E-state index >= 15 is 0 Å². The van der Waals surface area contributed by atoms with Crippen LogP contribution < -0.4 is 10.6 Å². The van der Waals surface area contributed by atoms with Gasteiger partial charge in [0, 0.05) is 35.7 Å². The van der Waals surface area contributed by atoms with E-state index in [-0.39, 0.29) is 17.1 Å². The minimum atomic E-state index is -2.99. The van der Waals surface area contributed by atoms with E-state index < -0.39 is 21.8 Å². The van der Waals surface area contributed by atoms with Crippen LogP contribution in [-0.4, -0.2) is 55.4 Å². The van der Waals surface area contributed by atoms with E-state index in [9.17, 15) is 18.0 Å². The second-order valence-electron chi connectivity index (χ2n) is 10.6. The van der Waals surface area contributed by atoms with Crippen molar-refractivity contribution in [3.8, 4) is 0 Å². The van der Waals surface area contributed by atoms with Gasteiger partial charge in [-0.1, -0.05) is 43.6 Å². The third-order valence-corrected chi connectivity index (χ3v) is 9.06. The summed E-state index contributed by atoms with van der Waals surface area (Å²) < 4.78 is 28.1. The van der Waals surface area contributed by atoms with Crippen molar-refractivity contribution >= 4 is 44.6 Å². The fourth-order valence-corrected chi connectivity index (χ4v) is 6.48. The van der Waals surface area contributed by atoms with Crippen LogP contribution in [0.25, 0.3) is 0 Å². The van der Waals surface area contributed by atoms with Crippen LogP contribution in [0.3, 0.4) is 0 Å². The van der Waals surface area contributed by atoms with Crippen molar-refractivity contribution in [3.05, 3.63) is 58.9 Å². The summed E-state index contributed by atoms with van der Waals surface area (Å²) >= 11 is 5.85. The monoisotopic (exact) mass is 573 g/mol. The zero-order chi connectivity index (χ0) is 28.6. The molecule has 0 aliphatic heterocycles. The molecule has 1 heterocycles. The molecule has 1 amide bonds. The maximum Gasteiger partial charge on any atom is 0.328 e. The van der Waals surface area contributed by atoms with Crippen LogP contribution in [0.1, 0.15) is 72.1 Å². The molecule has 1 aromatic heterocycles. The molecule has 8 nitrogen and oxygen atoms in total. The lowest BCUT2D eigenvalue weighted by molar-refractivity contribution is -0.142. The van der Waals surface area contributed by atoms with Gasteiger partial charge in [0.1, 0.15) is 15.9 Å². The summed E-state index contributed by atoms with van der Waals surface area (Å²) in [6.07, 6.45) is 9.44. The summed E-state index contributed by atoms with van der Waals surface area (Å²) in [5.41, 5.74) is 3.39. The Balaban J connectivity index is 1.66. The summed E-state index contributed by atoms with van der Waals surface area (Å²) in [5, 5.41) is 6.22. The molecule has 212 valence electrons. The molecular weight excluding hydrogens is 534 g/mol. The smallest absolute Gasteiger partial charge is 0.328 e. The molecule has 1 saturated carbocycles. The highest BCUT2D eigenvalue weighted by atomic mass is 32.2. The summed E-state index contributed by atoms with van der Waals surface area (Å²) in [5.74, 6) is -0.447. The molecule has 1 aliphatic rings. The highest BCUT2D eigenvalue weighted by Gasteiger charge is 2.39. The molecule has 1 aliphatic carbocycles. The number of esters is 1. The van der Waals surface area contributed by atoms with Gasteiger partial charge in [0.25, 0.3) is 5.91 Å². The molecular formula is C29H39N3O5S2. The number of ether oxygens (including phenoxy) is 1. The Morgan fingerprint density at radius 3 is 2.36 bits per heavy atom. The lowest BCUT2D eigenvalue weighted by Crippen LogP contribution is -2.48. The van der Waals surface area contributed by atoms with Gasteiger partial charge < -0.3 is 15.4 Å². The van der Waals surface area contributed by atoms with Crippen LogP contribution in [0.2, 0.25) is 0 Å². The van der Waals surface area contributed by atoms with E-state index in [2.05, 4.69) is 15.6 Å². The molecule has 39 heavy (non-hydrogen) atoms. The van der Waals surface area contributed by atoms with Gasteiger partial charge in [0.15, 0.2) is 0 Å². The van der Waals surface area contributed by atoms with E-state index in [4.69, 9.17) is 17.0 Å². The fraction of sp³-hybridized carbons (Fsp3) is 0.517. The first kappa shape index (κ1) is 30.7. The number of nitrogens with zero attached hydrogens (tertiary/aromatic N) is 1. The maximum atomic E-state index is 12.8. The second-order valence-corrected chi connectivity index (χ2v) is 13.2. The first-order chi connectivity index (χ1) is 18.4. The number of thiocarbonyl (C=S) groups is 1. The second kappa shape index (κ2) is 13.5. The number of nitrogens with one attached hydrogen (secondary N) is 2. The number of benzene rings is 1. The van der Waals surface area contributed by atoms with Crippen molar-refractivity contribution in [3.63, 3.8) is 0 Å². The molecule has 0 spiro atoms. The van der Waals surface area contributed by atoms with Crippen LogP contribution in [0.15, 0.2) is 36.5 Å². The number of rotatable bonds is 12. The van der Waals surface area contributed by atoms with E-state index in [1.165, 1.54) is 13.4 Å².